The molecule has 0 amide bonds. The summed E-state index contributed by atoms with van der Waals surface area (Å²) < 4.78 is 6.07. The Balaban J connectivity index is 0.00000196. The molecule has 8 heteroatoms. The first-order valence-electron chi connectivity index (χ1n) is 9.55. The first-order chi connectivity index (χ1) is 12.1. The summed E-state index contributed by atoms with van der Waals surface area (Å²) in [6, 6.07) is 0.495. The van der Waals surface area contributed by atoms with Crippen LogP contribution in [0.4, 0.5) is 0 Å². The van der Waals surface area contributed by atoms with E-state index in [1.54, 1.807) is 11.3 Å². The fourth-order valence-electron chi connectivity index (χ4n) is 4.98. The van der Waals surface area contributed by atoms with E-state index in [1.807, 2.05) is 7.05 Å². The summed E-state index contributed by atoms with van der Waals surface area (Å²) in [5.41, 5.74) is 0.340. The van der Waals surface area contributed by atoms with E-state index in [9.17, 15) is 0 Å². The van der Waals surface area contributed by atoms with Gasteiger partial charge in [-0.2, -0.15) is 0 Å². The maximum atomic E-state index is 6.07. The summed E-state index contributed by atoms with van der Waals surface area (Å²) in [4.78, 5) is 4.45. The summed E-state index contributed by atoms with van der Waals surface area (Å²) in [6.45, 7) is 5.89. The number of fused-ring (bicyclic) bond motifs is 2. The molecule has 2 heterocycles. The van der Waals surface area contributed by atoms with E-state index in [0.29, 0.717) is 35.9 Å². The van der Waals surface area contributed by atoms with Gasteiger partial charge in [0.25, 0.3) is 0 Å². The summed E-state index contributed by atoms with van der Waals surface area (Å²) in [6.07, 6.45) is 6.89. The van der Waals surface area contributed by atoms with E-state index in [0.717, 1.165) is 22.6 Å². The smallest absolute Gasteiger partial charge is 0.191 e. The van der Waals surface area contributed by atoms with Crippen molar-refractivity contribution < 1.29 is 4.74 Å². The third kappa shape index (κ3) is 3.48. The molecule has 1 aromatic heterocycles. The quantitative estimate of drug-likeness (QED) is 0.384. The molecule has 1 aliphatic heterocycles. The Bertz CT molecular complexity index is 643. The van der Waals surface area contributed by atoms with Crippen molar-refractivity contribution in [2.45, 2.75) is 70.6 Å². The maximum absolute atomic E-state index is 6.07. The van der Waals surface area contributed by atoms with Gasteiger partial charge in [-0.3, -0.25) is 4.99 Å². The van der Waals surface area contributed by atoms with Crippen molar-refractivity contribution in [3.63, 3.8) is 0 Å². The summed E-state index contributed by atoms with van der Waals surface area (Å²) >= 11 is 1.68. The van der Waals surface area contributed by atoms with Crippen LogP contribution in [0, 0.1) is 11.3 Å². The van der Waals surface area contributed by atoms with E-state index in [2.05, 4.69) is 39.7 Å². The number of guanidine groups is 1. The fraction of sp³-hybridized carbons (Fsp3) is 0.833. The first kappa shape index (κ1) is 20.3. The van der Waals surface area contributed by atoms with Gasteiger partial charge in [0.1, 0.15) is 10.0 Å². The molecule has 2 N–H and O–H groups in total. The number of aliphatic imine (C=N–C) groups is 1. The van der Waals surface area contributed by atoms with Crippen LogP contribution in [-0.2, 0) is 11.3 Å². The average Bonchev–Trinajstić information content (AvgIpc) is 3.34. The lowest BCUT2D eigenvalue weighted by Gasteiger charge is -2.57. The molecule has 4 rings (SSSR count). The van der Waals surface area contributed by atoms with Crippen LogP contribution < -0.4 is 10.6 Å². The van der Waals surface area contributed by atoms with E-state index >= 15 is 0 Å². The fourth-order valence-corrected chi connectivity index (χ4v) is 5.76. The third-order valence-electron chi connectivity index (χ3n) is 6.19. The molecule has 1 spiro atoms. The minimum atomic E-state index is 0. The van der Waals surface area contributed by atoms with Crippen molar-refractivity contribution in [3.8, 4) is 0 Å². The Labute approximate surface area is 177 Å². The molecular weight excluding hydrogens is 461 g/mol. The predicted octanol–water partition coefficient (Wildman–Crippen LogP) is 3.29. The Hall–Kier alpha value is -0.480. The van der Waals surface area contributed by atoms with Crippen LogP contribution >= 0.6 is 35.3 Å². The molecule has 146 valence electrons. The van der Waals surface area contributed by atoms with Gasteiger partial charge in [0.15, 0.2) is 5.96 Å². The lowest BCUT2D eigenvalue weighted by atomic mass is 9.54. The standard InChI is InChI=1S/C18H29N5OS.HI/c1-11(2)16-23-22-13(25-16)10-20-17(19-3)21-14-12-6-9-24-15(12)18(14)7-4-5-8-18;/h11-12,14-15H,4-10H2,1-3H3,(H2,19,20,21);1H. The van der Waals surface area contributed by atoms with Crippen LogP contribution in [0.5, 0.6) is 0 Å². The molecule has 2 aliphatic carbocycles. The van der Waals surface area contributed by atoms with Crippen LogP contribution in [0.2, 0.25) is 0 Å². The molecular formula is C18H30IN5OS. The Kier molecular flexibility index (Phi) is 6.44. The van der Waals surface area contributed by atoms with Crippen molar-refractivity contribution in [3.05, 3.63) is 10.0 Å². The normalized spacial score (nSPS) is 29.4. The molecule has 3 unspecified atom stereocenters. The SMILES string of the molecule is CN=C(NCc1nnc(C(C)C)s1)NC1C2CCOC2C12CCCC2.I. The third-order valence-corrected chi connectivity index (χ3v) is 7.41. The lowest BCUT2D eigenvalue weighted by Crippen LogP contribution is -2.69. The van der Waals surface area contributed by atoms with Gasteiger partial charge in [0, 0.05) is 36.9 Å². The van der Waals surface area contributed by atoms with E-state index in [1.165, 1.54) is 32.1 Å². The molecule has 0 bridgehead atoms. The molecule has 1 saturated heterocycles. The van der Waals surface area contributed by atoms with Gasteiger partial charge in [-0.15, -0.1) is 34.2 Å². The van der Waals surface area contributed by atoms with Crippen LogP contribution in [0.15, 0.2) is 4.99 Å². The van der Waals surface area contributed by atoms with Gasteiger partial charge < -0.3 is 15.4 Å². The molecule has 3 atom stereocenters. The molecule has 0 radical (unpaired) electrons. The Morgan fingerprint density at radius 1 is 1.35 bits per heavy atom. The largest absolute Gasteiger partial charge is 0.377 e. The zero-order chi connectivity index (χ0) is 17.4. The number of aromatic nitrogens is 2. The minimum Gasteiger partial charge on any atom is -0.377 e. The summed E-state index contributed by atoms with van der Waals surface area (Å²) in [5, 5.41) is 17.8. The number of nitrogens with zero attached hydrogens (tertiary/aromatic N) is 3. The van der Waals surface area contributed by atoms with E-state index in [4.69, 9.17) is 4.74 Å². The van der Waals surface area contributed by atoms with Crippen LogP contribution in [0.1, 0.15) is 61.9 Å². The Morgan fingerprint density at radius 3 is 2.77 bits per heavy atom. The Morgan fingerprint density at radius 2 is 2.12 bits per heavy atom. The van der Waals surface area contributed by atoms with Crippen LogP contribution in [0.3, 0.4) is 0 Å². The zero-order valence-electron chi connectivity index (χ0n) is 15.8. The first-order valence-corrected chi connectivity index (χ1v) is 10.4. The highest BCUT2D eigenvalue weighted by Gasteiger charge is 2.65. The van der Waals surface area contributed by atoms with Crippen molar-refractivity contribution in [1.82, 2.24) is 20.8 Å². The molecule has 3 fully saturated rings. The van der Waals surface area contributed by atoms with E-state index < -0.39 is 0 Å². The molecule has 0 aromatic carbocycles. The van der Waals surface area contributed by atoms with Gasteiger partial charge >= 0.3 is 0 Å². The number of nitrogens with one attached hydrogen (secondary N) is 2. The number of hydrogen-bond donors (Lipinski definition) is 2. The second kappa shape index (κ2) is 8.26. The maximum Gasteiger partial charge on any atom is 0.191 e. The number of rotatable bonds is 4. The van der Waals surface area contributed by atoms with Gasteiger partial charge in [-0.1, -0.05) is 38.0 Å². The highest BCUT2D eigenvalue weighted by molar-refractivity contribution is 14.0. The zero-order valence-corrected chi connectivity index (χ0v) is 19.0. The van der Waals surface area contributed by atoms with Crippen molar-refractivity contribution in [2.24, 2.45) is 16.3 Å². The topological polar surface area (TPSA) is 71.4 Å². The molecule has 2 saturated carbocycles. The molecule has 1 aromatic rings. The minimum absolute atomic E-state index is 0. The number of ether oxygens (including phenoxy) is 1. The summed E-state index contributed by atoms with van der Waals surface area (Å²) in [7, 11) is 1.84. The number of halogens is 1. The molecule has 6 nitrogen and oxygen atoms in total. The number of hydrogen-bond acceptors (Lipinski definition) is 5. The average molecular weight is 491 g/mol. The highest BCUT2D eigenvalue weighted by atomic mass is 127. The van der Waals surface area contributed by atoms with Crippen molar-refractivity contribution in [1.29, 1.82) is 0 Å². The van der Waals surface area contributed by atoms with Gasteiger partial charge in [0.2, 0.25) is 0 Å². The van der Waals surface area contributed by atoms with Crippen molar-refractivity contribution >= 4 is 41.3 Å². The monoisotopic (exact) mass is 491 g/mol. The second-order valence-electron chi connectivity index (χ2n) is 7.92. The summed E-state index contributed by atoms with van der Waals surface area (Å²) in [5.74, 6) is 1.95. The highest BCUT2D eigenvalue weighted by Crippen LogP contribution is 2.60. The van der Waals surface area contributed by atoms with Crippen LogP contribution in [-0.4, -0.2) is 42.0 Å². The van der Waals surface area contributed by atoms with Gasteiger partial charge in [0.05, 0.1) is 12.6 Å². The van der Waals surface area contributed by atoms with Gasteiger partial charge in [-0.05, 0) is 19.3 Å². The van der Waals surface area contributed by atoms with Crippen molar-refractivity contribution in [2.75, 3.05) is 13.7 Å². The van der Waals surface area contributed by atoms with E-state index in [-0.39, 0.29) is 24.0 Å². The van der Waals surface area contributed by atoms with Gasteiger partial charge in [-0.25, -0.2) is 0 Å². The molecule has 26 heavy (non-hydrogen) atoms. The molecule has 3 aliphatic rings. The lowest BCUT2D eigenvalue weighted by molar-refractivity contribution is -0.125. The second-order valence-corrected chi connectivity index (χ2v) is 9.01. The van der Waals surface area contributed by atoms with Crippen LogP contribution in [0.25, 0.3) is 0 Å². The predicted molar refractivity (Wildman–Crippen MR) is 115 cm³/mol.